The normalized spacial score (nSPS) is 13.3. The van der Waals surface area contributed by atoms with Gasteiger partial charge in [-0.15, -0.1) is 0 Å². The zero-order chi connectivity index (χ0) is 39.7. The fraction of sp³-hybridized carbons (Fsp3) is 0.0526. The molecule has 0 radical (unpaired) electrons. The molecule has 12 aromatic rings. The standard InChI is InChI=1S/C57H38N2O/c1-57(2)49-16-10-11-35-19-22-39-30-40(32-50(57)56(39)55(35)49)37-20-21-38-31-42(24-23-36(38)29-37)58(44-25-27-47-46-15-7-9-18-53(46)60-54(47)34-44)43-26-28-52-48(33-43)45-14-6-8-17-51(45)59(52)41-12-4-3-5-13-41/h3-34H,1-2H3. The molecular formula is C57H38N2O. The second-order valence-electron chi connectivity index (χ2n) is 17.0. The lowest BCUT2D eigenvalue weighted by Gasteiger charge is -2.26. The third-order valence-electron chi connectivity index (χ3n) is 13.3. The van der Waals surface area contributed by atoms with Crippen molar-refractivity contribution in [1.82, 2.24) is 4.57 Å². The number of rotatable bonds is 5. The quantitative estimate of drug-likeness (QED) is 0.163. The summed E-state index contributed by atoms with van der Waals surface area (Å²) in [6, 6.07) is 71.2. The Kier molecular flexibility index (Phi) is 6.78. The number of anilines is 3. The van der Waals surface area contributed by atoms with Crippen LogP contribution in [0.5, 0.6) is 0 Å². The minimum Gasteiger partial charge on any atom is -0.456 e. The molecule has 0 bridgehead atoms. The van der Waals surface area contributed by atoms with E-state index in [-0.39, 0.29) is 5.41 Å². The van der Waals surface area contributed by atoms with Crippen molar-refractivity contribution >= 4 is 93.1 Å². The van der Waals surface area contributed by atoms with Gasteiger partial charge in [-0.1, -0.05) is 117 Å². The van der Waals surface area contributed by atoms with Crippen LogP contribution in [-0.4, -0.2) is 4.57 Å². The Morgan fingerprint density at radius 2 is 1.05 bits per heavy atom. The van der Waals surface area contributed by atoms with Crippen LogP contribution in [0.2, 0.25) is 0 Å². The molecule has 1 aliphatic rings. The van der Waals surface area contributed by atoms with E-state index in [4.69, 9.17) is 4.42 Å². The summed E-state index contributed by atoms with van der Waals surface area (Å²) in [6.07, 6.45) is 0. The first-order valence-electron chi connectivity index (χ1n) is 20.8. The highest BCUT2D eigenvalue weighted by Crippen LogP contribution is 2.50. The van der Waals surface area contributed by atoms with Crippen molar-refractivity contribution in [3.63, 3.8) is 0 Å². The number of aromatic nitrogens is 1. The van der Waals surface area contributed by atoms with Gasteiger partial charge in [0.25, 0.3) is 0 Å². The maximum atomic E-state index is 6.46. The fourth-order valence-corrected chi connectivity index (χ4v) is 10.4. The fourth-order valence-electron chi connectivity index (χ4n) is 10.4. The lowest BCUT2D eigenvalue weighted by molar-refractivity contribution is 0.663. The molecule has 0 unspecified atom stereocenters. The SMILES string of the molecule is CC1(C)c2cccc3ccc4cc(-c5ccc6cc(N(c7ccc8c(c7)oc7ccccc78)c7ccc8c(c7)c7ccccc7n8-c7ccccc7)ccc6c5)cc1c4c23. The van der Waals surface area contributed by atoms with Gasteiger partial charge in [0.1, 0.15) is 11.2 Å². The molecule has 0 aliphatic heterocycles. The second-order valence-corrected chi connectivity index (χ2v) is 17.0. The summed E-state index contributed by atoms with van der Waals surface area (Å²) in [6.45, 7) is 4.75. The van der Waals surface area contributed by atoms with Crippen molar-refractivity contribution < 1.29 is 4.42 Å². The van der Waals surface area contributed by atoms with Gasteiger partial charge in [0.2, 0.25) is 0 Å². The van der Waals surface area contributed by atoms with Crippen LogP contribution < -0.4 is 4.90 Å². The molecule has 13 rings (SSSR count). The molecule has 0 saturated carbocycles. The average molecular weight is 767 g/mol. The number of benzene rings is 10. The van der Waals surface area contributed by atoms with Crippen molar-refractivity contribution in [1.29, 1.82) is 0 Å². The number of hydrogen-bond donors (Lipinski definition) is 0. The maximum absolute atomic E-state index is 6.46. The first kappa shape index (κ1) is 33.4. The number of furan rings is 1. The van der Waals surface area contributed by atoms with Crippen LogP contribution in [0.3, 0.4) is 0 Å². The molecule has 3 heteroatoms. The Morgan fingerprint density at radius 3 is 1.97 bits per heavy atom. The van der Waals surface area contributed by atoms with Crippen molar-refractivity contribution in [2.75, 3.05) is 4.90 Å². The zero-order valence-corrected chi connectivity index (χ0v) is 33.3. The summed E-state index contributed by atoms with van der Waals surface area (Å²) >= 11 is 0. The highest BCUT2D eigenvalue weighted by molar-refractivity contribution is 6.16. The summed E-state index contributed by atoms with van der Waals surface area (Å²) in [4.78, 5) is 2.37. The van der Waals surface area contributed by atoms with E-state index in [1.54, 1.807) is 0 Å². The summed E-state index contributed by atoms with van der Waals surface area (Å²) in [5.74, 6) is 0. The molecule has 1 aliphatic carbocycles. The number of hydrogen-bond acceptors (Lipinski definition) is 2. The third kappa shape index (κ3) is 4.72. The summed E-state index contributed by atoms with van der Waals surface area (Å²) in [5, 5.41) is 12.5. The molecule has 0 atom stereocenters. The summed E-state index contributed by atoms with van der Waals surface area (Å²) in [5.41, 5.74) is 13.8. The molecular weight excluding hydrogens is 729 g/mol. The number of para-hydroxylation sites is 3. The molecule has 0 amide bonds. The molecule has 0 N–H and O–H groups in total. The minimum atomic E-state index is -0.0580. The first-order chi connectivity index (χ1) is 29.5. The van der Waals surface area contributed by atoms with Crippen molar-refractivity contribution in [2.45, 2.75) is 19.3 Å². The Labute approximate surface area is 346 Å². The van der Waals surface area contributed by atoms with Gasteiger partial charge < -0.3 is 13.9 Å². The van der Waals surface area contributed by atoms with Gasteiger partial charge in [-0.25, -0.2) is 0 Å². The predicted octanol–water partition coefficient (Wildman–Crippen LogP) is 15.9. The van der Waals surface area contributed by atoms with Crippen molar-refractivity contribution in [3.05, 3.63) is 205 Å². The van der Waals surface area contributed by atoms with E-state index < -0.39 is 0 Å². The molecule has 3 nitrogen and oxygen atoms in total. The largest absolute Gasteiger partial charge is 0.456 e. The van der Waals surface area contributed by atoms with Crippen LogP contribution in [-0.2, 0) is 5.41 Å². The maximum Gasteiger partial charge on any atom is 0.137 e. The van der Waals surface area contributed by atoms with Gasteiger partial charge in [0.05, 0.1) is 11.0 Å². The average Bonchev–Trinajstić information content (AvgIpc) is 3.91. The van der Waals surface area contributed by atoms with Gasteiger partial charge in [0, 0.05) is 55.8 Å². The Bertz CT molecular complexity index is 3760. The highest BCUT2D eigenvalue weighted by Gasteiger charge is 2.34. The Morgan fingerprint density at radius 1 is 0.400 bits per heavy atom. The van der Waals surface area contributed by atoms with E-state index in [0.717, 1.165) is 44.7 Å². The van der Waals surface area contributed by atoms with E-state index in [0.29, 0.717) is 0 Å². The summed E-state index contributed by atoms with van der Waals surface area (Å²) in [7, 11) is 0. The predicted molar refractivity (Wildman–Crippen MR) is 253 cm³/mol. The minimum absolute atomic E-state index is 0.0580. The van der Waals surface area contributed by atoms with Crippen LogP contribution in [0.15, 0.2) is 199 Å². The molecule has 60 heavy (non-hydrogen) atoms. The van der Waals surface area contributed by atoms with Crippen LogP contribution in [0.4, 0.5) is 17.1 Å². The molecule has 282 valence electrons. The lowest BCUT2D eigenvalue weighted by Crippen LogP contribution is -2.15. The highest BCUT2D eigenvalue weighted by atomic mass is 16.3. The van der Waals surface area contributed by atoms with Gasteiger partial charge in [0.15, 0.2) is 0 Å². The van der Waals surface area contributed by atoms with Gasteiger partial charge in [-0.2, -0.15) is 0 Å². The lowest BCUT2D eigenvalue weighted by atomic mass is 9.81. The Hall–Kier alpha value is -7.62. The van der Waals surface area contributed by atoms with Gasteiger partial charge in [-0.3, -0.25) is 0 Å². The smallest absolute Gasteiger partial charge is 0.137 e. The van der Waals surface area contributed by atoms with E-state index in [9.17, 15) is 0 Å². The van der Waals surface area contributed by atoms with E-state index in [2.05, 4.69) is 205 Å². The molecule has 0 saturated heterocycles. The van der Waals surface area contributed by atoms with E-state index in [1.807, 2.05) is 12.1 Å². The Balaban J connectivity index is 0.970. The van der Waals surface area contributed by atoms with E-state index in [1.165, 1.54) is 76.4 Å². The van der Waals surface area contributed by atoms with Crippen molar-refractivity contribution in [3.8, 4) is 16.8 Å². The van der Waals surface area contributed by atoms with Crippen LogP contribution in [0, 0.1) is 0 Å². The molecule has 10 aromatic carbocycles. The number of fused-ring (bicyclic) bond motifs is 7. The van der Waals surface area contributed by atoms with Crippen LogP contribution in [0.25, 0.3) is 92.9 Å². The van der Waals surface area contributed by atoms with Gasteiger partial charge in [-0.05, 0) is 140 Å². The third-order valence-corrected chi connectivity index (χ3v) is 13.3. The zero-order valence-electron chi connectivity index (χ0n) is 33.3. The van der Waals surface area contributed by atoms with Crippen LogP contribution in [0.1, 0.15) is 25.0 Å². The summed E-state index contributed by atoms with van der Waals surface area (Å²) < 4.78 is 8.84. The number of nitrogens with zero attached hydrogens (tertiary/aromatic N) is 2. The topological polar surface area (TPSA) is 21.3 Å². The molecule has 0 spiro atoms. The molecule has 2 aromatic heterocycles. The van der Waals surface area contributed by atoms with Gasteiger partial charge >= 0.3 is 0 Å². The molecule has 0 fully saturated rings. The first-order valence-corrected chi connectivity index (χ1v) is 20.8. The van der Waals surface area contributed by atoms with Crippen molar-refractivity contribution in [2.24, 2.45) is 0 Å². The molecule has 2 heterocycles. The van der Waals surface area contributed by atoms with E-state index >= 15 is 0 Å². The van der Waals surface area contributed by atoms with Crippen LogP contribution >= 0.6 is 0 Å². The second kappa shape index (κ2) is 12.2. The monoisotopic (exact) mass is 766 g/mol.